The SMILES string of the molecule is [CH2]C=C.[Cl-].[Cl-].[Sb]. The molecule has 0 aromatic heterocycles. The molecule has 0 aliphatic carbocycles. The molecule has 0 amide bonds. The van der Waals surface area contributed by atoms with Crippen molar-refractivity contribution in [2.45, 2.75) is 0 Å². The van der Waals surface area contributed by atoms with E-state index in [1.54, 1.807) is 0 Å². The minimum Gasteiger partial charge on any atom is -1.00 e. The molecular formula is C3H5Cl2Sb-2. The number of hydrogen-bond acceptors (Lipinski definition) is 0. The monoisotopic (exact) mass is 232 g/mol. The molecule has 0 spiro atoms. The second-order valence-electron chi connectivity index (χ2n) is 0.289. The van der Waals surface area contributed by atoms with Gasteiger partial charge >= 0.3 is 0 Å². The van der Waals surface area contributed by atoms with Gasteiger partial charge in [-0.05, 0) is 6.92 Å². The van der Waals surface area contributed by atoms with Gasteiger partial charge in [0.1, 0.15) is 0 Å². The Morgan fingerprint density at radius 1 is 1.17 bits per heavy atom. The summed E-state index contributed by atoms with van der Waals surface area (Å²) in [7, 11) is 0. The van der Waals surface area contributed by atoms with Crippen LogP contribution in [0.25, 0.3) is 0 Å². The Balaban J connectivity index is -0.00000000667. The second kappa shape index (κ2) is 35.4. The van der Waals surface area contributed by atoms with Gasteiger partial charge in [0.2, 0.25) is 0 Å². The van der Waals surface area contributed by atoms with Crippen LogP contribution < -0.4 is 24.8 Å². The minimum absolute atomic E-state index is 0. The molecule has 0 aliphatic rings. The molecule has 38 valence electrons. The van der Waals surface area contributed by atoms with E-state index in [4.69, 9.17) is 0 Å². The van der Waals surface area contributed by atoms with Crippen LogP contribution in [0.5, 0.6) is 0 Å². The minimum atomic E-state index is 0. The normalized spacial score (nSPS) is 2.17. The van der Waals surface area contributed by atoms with Crippen molar-refractivity contribution in [3.63, 3.8) is 0 Å². The summed E-state index contributed by atoms with van der Waals surface area (Å²) in [6.45, 7) is 6.50. The molecule has 6 heavy (non-hydrogen) atoms. The fourth-order valence-corrected chi connectivity index (χ4v) is 0. The predicted octanol–water partition coefficient (Wildman–Crippen LogP) is -5.37. The maximum Gasteiger partial charge on any atom is 0 e. The van der Waals surface area contributed by atoms with Gasteiger partial charge in [-0.3, -0.25) is 0 Å². The van der Waals surface area contributed by atoms with Crippen molar-refractivity contribution >= 4 is 24.4 Å². The van der Waals surface area contributed by atoms with E-state index < -0.39 is 0 Å². The first kappa shape index (κ1) is 27.3. The first-order chi connectivity index (χ1) is 1.41. The van der Waals surface area contributed by atoms with E-state index in [2.05, 4.69) is 13.5 Å². The Morgan fingerprint density at radius 3 is 1.17 bits per heavy atom. The van der Waals surface area contributed by atoms with Crippen LogP contribution in [0.1, 0.15) is 0 Å². The van der Waals surface area contributed by atoms with E-state index in [9.17, 15) is 0 Å². The van der Waals surface area contributed by atoms with Gasteiger partial charge in [0, 0.05) is 24.4 Å². The zero-order chi connectivity index (χ0) is 2.71. The maximum absolute atomic E-state index is 3.25. The van der Waals surface area contributed by atoms with E-state index in [1.165, 1.54) is 6.08 Å². The molecule has 0 saturated heterocycles. The largest absolute Gasteiger partial charge is 1.00 e. The smallest absolute Gasteiger partial charge is 0 e. The molecule has 0 aromatic rings. The maximum atomic E-state index is 3.25. The van der Waals surface area contributed by atoms with Crippen LogP contribution in [-0.4, -0.2) is 24.4 Å². The number of hydrogen-bond donors (Lipinski definition) is 0. The van der Waals surface area contributed by atoms with E-state index in [0.29, 0.717) is 0 Å². The van der Waals surface area contributed by atoms with Crippen LogP contribution in [0.3, 0.4) is 0 Å². The van der Waals surface area contributed by atoms with Gasteiger partial charge in [-0.1, -0.05) is 6.08 Å². The quantitative estimate of drug-likeness (QED) is 0.367. The number of allylic oxidation sites excluding steroid dienone is 1. The first-order valence-electron chi connectivity index (χ1n) is 0.816. The van der Waals surface area contributed by atoms with Gasteiger partial charge in [-0.2, -0.15) is 0 Å². The molecule has 3 heteroatoms. The molecular weight excluding hydrogens is 229 g/mol. The molecule has 0 unspecified atom stereocenters. The number of rotatable bonds is 0. The average molecular weight is 234 g/mol. The molecule has 0 aromatic carbocycles. The van der Waals surface area contributed by atoms with Crippen molar-refractivity contribution in [3.05, 3.63) is 19.6 Å². The predicted molar refractivity (Wildman–Crippen MR) is 21.3 cm³/mol. The van der Waals surface area contributed by atoms with Crippen LogP contribution in [0.15, 0.2) is 12.7 Å². The summed E-state index contributed by atoms with van der Waals surface area (Å²) in [5.41, 5.74) is 0. The van der Waals surface area contributed by atoms with Gasteiger partial charge in [0.05, 0.1) is 0 Å². The topological polar surface area (TPSA) is 0 Å². The fraction of sp³-hybridized carbons (Fsp3) is 0. The summed E-state index contributed by atoms with van der Waals surface area (Å²) in [6, 6.07) is 0. The zero-order valence-electron chi connectivity index (χ0n) is 3.19. The number of halogens is 2. The van der Waals surface area contributed by atoms with E-state index in [-0.39, 0.29) is 49.2 Å². The Labute approximate surface area is 68.7 Å². The molecule has 4 radical (unpaired) electrons. The Hall–Kier alpha value is 1.14. The standard InChI is InChI=1S/C3H5.2ClH.Sb/c1-3-2;;;/h3H,1-2H2;2*1H;/p-2. The summed E-state index contributed by atoms with van der Waals surface area (Å²) in [5, 5.41) is 0. The van der Waals surface area contributed by atoms with Crippen molar-refractivity contribution in [3.8, 4) is 0 Å². The summed E-state index contributed by atoms with van der Waals surface area (Å²) in [4.78, 5) is 0. The van der Waals surface area contributed by atoms with Crippen molar-refractivity contribution in [2.75, 3.05) is 0 Å². The Bertz CT molecular complexity index is 16.3. The first-order valence-corrected chi connectivity index (χ1v) is 0.816. The van der Waals surface area contributed by atoms with Crippen molar-refractivity contribution < 1.29 is 24.8 Å². The van der Waals surface area contributed by atoms with Gasteiger partial charge in [-0.25, -0.2) is 0 Å². The van der Waals surface area contributed by atoms with Crippen molar-refractivity contribution in [1.82, 2.24) is 0 Å². The molecule has 0 atom stereocenters. The van der Waals surface area contributed by atoms with Gasteiger partial charge in [0.15, 0.2) is 0 Å². The molecule has 0 nitrogen and oxygen atoms in total. The zero-order valence-corrected chi connectivity index (χ0v) is 7.26. The fourth-order valence-electron chi connectivity index (χ4n) is 0. The van der Waals surface area contributed by atoms with Crippen LogP contribution in [0, 0.1) is 6.92 Å². The molecule has 0 N–H and O–H groups in total. The van der Waals surface area contributed by atoms with Gasteiger partial charge in [0.25, 0.3) is 0 Å². The molecule has 0 heterocycles. The Kier molecular flexibility index (Phi) is 161. The van der Waals surface area contributed by atoms with E-state index >= 15 is 0 Å². The third-order valence-corrected chi connectivity index (χ3v) is 0. The molecule has 0 fully saturated rings. The van der Waals surface area contributed by atoms with Crippen molar-refractivity contribution in [2.24, 2.45) is 0 Å². The third kappa shape index (κ3) is 67.9. The summed E-state index contributed by atoms with van der Waals surface area (Å²) >= 11 is 0. The summed E-state index contributed by atoms with van der Waals surface area (Å²) in [6.07, 6.45) is 1.50. The van der Waals surface area contributed by atoms with Gasteiger partial charge in [-0.15, -0.1) is 6.58 Å². The second-order valence-corrected chi connectivity index (χ2v) is 0.289. The van der Waals surface area contributed by atoms with Crippen LogP contribution >= 0.6 is 0 Å². The van der Waals surface area contributed by atoms with Crippen LogP contribution in [0.2, 0.25) is 0 Å². The Morgan fingerprint density at radius 2 is 1.17 bits per heavy atom. The molecule has 0 saturated carbocycles. The van der Waals surface area contributed by atoms with Crippen LogP contribution in [-0.2, 0) is 0 Å². The molecule has 0 aliphatic heterocycles. The van der Waals surface area contributed by atoms with Crippen molar-refractivity contribution in [1.29, 1.82) is 0 Å². The summed E-state index contributed by atoms with van der Waals surface area (Å²) in [5.74, 6) is 0. The van der Waals surface area contributed by atoms with E-state index in [1.807, 2.05) is 0 Å². The average Bonchev–Trinajstić information content (AvgIpc) is 0.918. The van der Waals surface area contributed by atoms with Crippen LogP contribution in [0.4, 0.5) is 0 Å². The van der Waals surface area contributed by atoms with Gasteiger partial charge < -0.3 is 24.8 Å². The third-order valence-electron chi connectivity index (χ3n) is 0. The summed E-state index contributed by atoms with van der Waals surface area (Å²) < 4.78 is 0. The van der Waals surface area contributed by atoms with E-state index in [0.717, 1.165) is 0 Å². The molecule has 0 rings (SSSR count). The molecule has 0 bridgehead atoms.